The Morgan fingerprint density at radius 3 is 2.75 bits per heavy atom. The second-order valence-electron chi connectivity index (χ2n) is 4.96. The minimum absolute atomic E-state index is 0.0369. The Morgan fingerprint density at radius 2 is 2.00 bits per heavy atom. The van der Waals surface area contributed by atoms with E-state index in [2.05, 4.69) is 4.98 Å². The van der Waals surface area contributed by atoms with Crippen LogP contribution in [0.2, 0.25) is 0 Å². The van der Waals surface area contributed by atoms with Gasteiger partial charge in [0.05, 0.1) is 12.1 Å². The van der Waals surface area contributed by atoms with Crippen LogP contribution in [0.15, 0.2) is 27.4 Å². The number of hydrogen-bond donors (Lipinski definition) is 1. The summed E-state index contributed by atoms with van der Waals surface area (Å²) in [6, 6.07) is 4.91. The van der Waals surface area contributed by atoms with E-state index in [4.69, 9.17) is 4.42 Å². The van der Waals surface area contributed by atoms with Gasteiger partial charge >= 0.3 is 5.76 Å². The number of nitrogens with zero attached hydrogens (tertiary/aromatic N) is 1. The molecule has 0 aliphatic carbocycles. The molecule has 1 aromatic heterocycles. The molecule has 104 valence electrons. The van der Waals surface area contributed by atoms with Crippen LogP contribution >= 0.6 is 0 Å². The third kappa shape index (κ3) is 2.55. The van der Waals surface area contributed by atoms with Crippen molar-refractivity contribution in [1.82, 2.24) is 9.88 Å². The Morgan fingerprint density at radius 1 is 1.25 bits per heavy atom. The summed E-state index contributed by atoms with van der Waals surface area (Å²) in [6.45, 7) is 1.55. The molecule has 0 bridgehead atoms. The van der Waals surface area contributed by atoms with Crippen molar-refractivity contribution in [1.29, 1.82) is 0 Å². The van der Waals surface area contributed by atoms with Crippen LogP contribution in [0.4, 0.5) is 0 Å². The number of benzene rings is 1. The van der Waals surface area contributed by atoms with Gasteiger partial charge in [-0.25, -0.2) is 4.79 Å². The van der Waals surface area contributed by atoms with E-state index >= 15 is 0 Å². The molecule has 6 nitrogen and oxygen atoms in total. The van der Waals surface area contributed by atoms with Crippen LogP contribution < -0.4 is 5.76 Å². The van der Waals surface area contributed by atoms with Gasteiger partial charge in [0.2, 0.25) is 0 Å². The zero-order chi connectivity index (χ0) is 14.1. The molecule has 0 unspecified atom stereocenters. The van der Waals surface area contributed by atoms with Crippen LogP contribution in [0.5, 0.6) is 0 Å². The first-order valence-electron chi connectivity index (χ1n) is 6.52. The minimum atomic E-state index is -0.529. The summed E-state index contributed by atoms with van der Waals surface area (Å²) in [5, 5.41) is 0. The molecule has 20 heavy (non-hydrogen) atoms. The first-order valence-corrected chi connectivity index (χ1v) is 6.52. The topological polar surface area (TPSA) is 83.4 Å². The fourth-order valence-corrected chi connectivity index (χ4v) is 2.37. The maximum absolute atomic E-state index is 12.2. The zero-order valence-electron chi connectivity index (χ0n) is 10.8. The molecule has 1 saturated heterocycles. The molecule has 2 heterocycles. The van der Waals surface area contributed by atoms with Gasteiger partial charge in [-0.05, 0) is 18.2 Å². The summed E-state index contributed by atoms with van der Waals surface area (Å²) >= 11 is 0. The number of piperidine rings is 1. The van der Waals surface area contributed by atoms with E-state index in [1.807, 2.05) is 4.90 Å². The van der Waals surface area contributed by atoms with E-state index in [0.717, 1.165) is 0 Å². The van der Waals surface area contributed by atoms with Gasteiger partial charge in [0, 0.05) is 31.5 Å². The lowest BCUT2D eigenvalue weighted by Crippen LogP contribution is -2.37. The molecular formula is C14H14N2O4. The van der Waals surface area contributed by atoms with Crippen molar-refractivity contribution in [2.45, 2.75) is 12.8 Å². The Kier molecular flexibility index (Phi) is 3.23. The number of likely N-dealkylation sites (tertiary alicyclic amines) is 1. The maximum Gasteiger partial charge on any atom is 0.417 e. The number of ketones is 2. The van der Waals surface area contributed by atoms with Crippen LogP contribution in [0.1, 0.15) is 23.2 Å². The highest BCUT2D eigenvalue weighted by Gasteiger charge is 2.19. The first kappa shape index (κ1) is 12.8. The van der Waals surface area contributed by atoms with E-state index in [1.54, 1.807) is 18.2 Å². The molecule has 1 aliphatic rings. The van der Waals surface area contributed by atoms with Crippen LogP contribution in [0.25, 0.3) is 11.1 Å². The second-order valence-corrected chi connectivity index (χ2v) is 4.96. The molecule has 6 heteroatoms. The molecule has 1 fully saturated rings. The van der Waals surface area contributed by atoms with Crippen molar-refractivity contribution >= 4 is 22.7 Å². The van der Waals surface area contributed by atoms with Crippen molar-refractivity contribution in [3.05, 3.63) is 34.3 Å². The minimum Gasteiger partial charge on any atom is -0.408 e. The molecule has 1 aromatic carbocycles. The summed E-state index contributed by atoms with van der Waals surface area (Å²) in [7, 11) is 0. The fourth-order valence-electron chi connectivity index (χ4n) is 2.37. The van der Waals surface area contributed by atoms with Crippen LogP contribution in [-0.2, 0) is 4.79 Å². The lowest BCUT2D eigenvalue weighted by Gasteiger charge is -2.24. The van der Waals surface area contributed by atoms with Gasteiger partial charge in [-0.1, -0.05) is 0 Å². The number of carbonyl (C=O) groups excluding carboxylic acids is 2. The number of aromatic nitrogens is 1. The molecular weight excluding hydrogens is 260 g/mol. The van der Waals surface area contributed by atoms with Crippen molar-refractivity contribution < 1.29 is 14.0 Å². The number of Topliss-reactive ketones (excluding diaryl/α,β-unsaturated/α-hetero) is 2. The zero-order valence-corrected chi connectivity index (χ0v) is 10.8. The largest absolute Gasteiger partial charge is 0.417 e. The molecule has 0 atom stereocenters. The number of hydrogen-bond acceptors (Lipinski definition) is 5. The van der Waals surface area contributed by atoms with Crippen molar-refractivity contribution in [2.24, 2.45) is 0 Å². The fraction of sp³-hybridized carbons (Fsp3) is 0.357. The number of fused-ring (bicyclic) bond motifs is 1. The summed E-state index contributed by atoms with van der Waals surface area (Å²) in [6.07, 6.45) is 1.03. The number of oxazole rings is 1. The maximum atomic E-state index is 12.2. The molecule has 0 amide bonds. The van der Waals surface area contributed by atoms with Gasteiger partial charge in [-0.3, -0.25) is 19.5 Å². The molecule has 3 rings (SSSR count). The summed E-state index contributed by atoms with van der Waals surface area (Å²) in [4.78, 5) is 38.9. The quantitative estimate of drug-likeness (QED) is 0.843. The highest BCUT2D eigenvalue weighted by atomic mass is 16.4. The number of rotatable bonds is 3. The van der Waals surface area contributed by atoms with Crippen molar-refractivity contribution in [2.75, 3.05) is 19.6 Å². The van der Waals surface area contributed by atoms with Crippen molar-refractivity contribution in [3.63, 3.8) is 0 Å². The summed E-state index contributed by atoms with van der Waals surface area (Å²) in [5.74, 6) is -0.312. The standard InChI is InChI=1S/C14H14N2O4/c17-10-3-5-16(6-4-10)8-12(18)9-1-2-11-13(7-9)20-14(19)15-11/h1-2,7H,3-6,8H2,(H,15,19). The molecule has 2 aromatic rings. The third-order valence-corrected chi connectivity index (χ3v) is 3.52. The van der Waals surface area contributed by atoms with Crippen LogP contribution in [0.3, 0.4) is 0 Å². The van der Waals surface area contributed by atoms with E-state index in [1.165, 1.54) is 0 Å². The average molecular weight is 274 g/mol. The lowest BCUT2D eigenvalue weighted by molar-refractivity contribution is -0.121. The van der Waals surface area contributed by atoms with E-state index in [-0.39, 0.29) is 18.1 Å². The monoisotopic (exact) mass is 274 g/mol. The number of aromatic amines is 1. The van der Waals surface area contributed by atoms with Crippen molar-refractivity contribution in [3.8, 4) is 0 Å². The summed E-state index contributed by atoms with van der Waals surface area (Å²) < 4.78 is 4.94. The van der Waals surface area contributed by atoms with Gasteiger partial charge in [0.15, 0.2) is 11.4 Å². The normalized spacial score (nSPS) is 16.7. The average Bonchev–Trinajstić information content (AvgIpc) is 2.80. The Balaban J connectivity index is 1.74. The molecule has 0 radical (unpaired) electrons. The molecule has 0 saturated carbocycles. The third-order valence-electron chi connectivity index (χ3n) is 3.52. The summed E-state index contributed by atoms with van der Waals surface area (Å²) in [5.41, 5.74) is 1.47. The highest BCUT2D eigenvalue weighted by molar-refractivity contribution is 6.00. The van der Waals surface area contributed by atoms with E-state index in [9.17, 15) is 14.4 Å². The lowest BCUT2D eigenvalue weighted by atomic mass is 10.1. The Labute approximate surface area is 114 Å². The molecule has 1 aliphatic heterocycles. The van der Waals surface area contributed by atoms with Gasteiger partial charge in [-0.15, -0.1) is 0 Å². The number of H-pyrrole nitrogens is 1. The number of nitrogens with one attached hydrogen (secondary N) is 1. The van der Waals surface area contributed by atoms with Crippen LogP contribution in [-0.4, -0.2) is 41.1 Å². The number of carbonyl (C=O) groups is 2. The van der Waals surface area contributed by atoms with E-state index < -0.39 is 5.76 Å². The predicted octanol–water partition coefficient (Wildman–Crippen LogP) is 0.969. The smallest absolute Gasteiger partial charge is 0.408 e. The second kappa shape index (κ2) is 5.05. The Hall–Kier alpha value is -2.21. The molecule has 0 spiro atoms. The first-order chi connectivity index (χ1) is 9.61. The SMILES string of the molecule is O=C1CCN(CC(=O)c2ccc3[nH]c(=O)oc3c2)CC1. The highest BCUT2D eigenvalue weighted by Crippen LogP contribution is 2.14. The van der Waals surface area contributed by atoms with Gasteiger partial charge in [0.1, 0.15) is 5.78 Å². The van der Waals surface area contributed by atoms with Gasteiger partial charge in [0.25, 0.3) is 0 Å². The molecule has 1 N–H and O–H groups in total. The predicted molar refractivity (Wildman–Crippen MR) is 71.8 cm³/mol. The van der Waals surface area contributed by atoms with Gasteiger partial charge in [-0.2, -0.15) is 0 Å². The van der Waals surface area contributed by atoms with E-state index in [0.29, 0.717) is 42.6 Å². The van der Waals surface area contributed by atoms with Crippen LogP contribution in [0, 0.1) is 0 Å². The Bertz CT molecular complexity index is 718. The van der Waals surface area contributed by atoms with Gasteiger partial charge < -0.3 is 4.42 Å².